The molecule has 0 atom stereocenters. The molecule has 0 amide bonds. The van der Waals surface area contributed by atoms with Crippen LogP contribution in [0.25, 0.3) is 3.76 Å². The predicted octanol–water partition coefficient (Wildman–Crippen LogP) is 2.42. The van der Waals surface area contributed by atoms with Crippen molar-refractivity contribution in [3.8, 4) is 12.1 Å². The molecule has 8 heteroatoms. The summed E-state index contributed by atoms with van der Waals surface area (Å²) >= 11 is -10.4. The molecule has 0 bridgehead atoms. The summed E-state index contributed by atoms with van der Waals surface area (Å²) in [5.41, 5.74) is 0. The zero-order chi connectivity index (χ0) is 9.24. The van der Waals surface area contributed by atoms with E-state index in [0.717, 1.165) is 15.9 Å². The van der Waals surface area contributed by atoms with E-state index in [0.29, 0.717) is 0 Å². The van der Waals surface area contributed by atoms with Crippen LogP contribution in [-0.4, -0.2) is 13.9 Å². The Kier molecular flexibility index (Phi) is 1.72. The molecule has 64 valence electrons. The fourth-order valence-electron chi connectivity index (χ4n) is 0.204. The molecule has 0 heterocycles. The van der Waals surface area contributed by atoms with Crippen molar-refractivity contribution < 1.29 is 17.3 Å². The maximum absolute atomic E-state index is 11.3. The first kappa shape index (κ1) is 10.2. The SMILES string of the molecule is N#CCC#[N+][As-](F)(F)(F)(F)F. The summed E-state index contributed by atoms with van der Waals surface area (Å²) in [6.07, 6.45) is -0.896. The third-order valence-electron chi connectivity index (χ3n) is 0.418. The van der Waals surface area contributed by atoms with Crippen LogP contribution in [0, 0.1) is 17.4 Å². The van der Waals surface area contributed by atoms with Gasteiger partial charge in [0.15, 0.2) is 0 Å². The van der Waals surface area contributed by atoms with Gasteiger partial charge in [-0.3, -0.25) is 0 Å². The van der Waals surface area contributed by atoms with E-state index in [4.69, 9.17) is 5.26 Å². The van der Waals surface area contributed by atoms with Crippen LogP contribution in [0.1, 0.15) is 6.42 Å². The number of hydrogen-bond donors (Lipinski definition) is 0. The Morgan fingerprint density at radius 1 is 1.18 bits per heavy atom. The van der Waals surface area contributed by atoms with Gasteiger partial charge in [0.2, 0.25) is 0 Å². The molecule has 0 aromatic carbocycles. The van der Waals surface area contributed by atoms with Crippen LogP contribution in [0.4, 0.5) is 17.3 Å². The molecule has 0 N–H and O–H groups in total. The first-order valence-corrected chi connectivity index (χ1v) is 6.59. The molecular weight excluding hydrogens is 234 g/mol. The van der Waals surface area contributed by atoms with E-state index in [1.807, 2.05) is 0 Å². The second-order valence-electron chi connectivity index (χ2n) is 1.61. The van der Waals surface area contributed by atoms with Gasteiger partial charge in [-0.15, -0.1) is 0 Å². The molecule has 11 heavy (non-hydrogen) atoms. The Labute approximate surface area is 59.6 Å². The van der Waals surface area contributed by atoms with Gasteiger partial charge < -0.3 is 0 Å². The Morgan fingerprint density at radius 3 is 1.91 bits per heavy atom. The molecule has 2 nitrogen and oxygen atoms in total. The quantitative estimate of drug-likeness (QED) is 0.468. The third kappa shape index (κ3) is 9.19. The molecular formula is C3H2AsF5N2. The molecule has 0 spiro atoms. The van der Waals surface area contributed by atoms with Crippen molar-refractivity contribution in [2.45, 2.75) is 6.42 Å². The van der Waals surface area contributed by atoms with Crippen LogP contribution in [0.2, 0.25) is 0 Å². The minimum atomic E-state index is -10.4. The second-order valence-corrected chi connectivity index (χ2v) is 6.30. The maximum atomic E-state index is 11.3. The third-order valence-corrected chi connectivity index (χ3v) is 1.51. The van der Waals surface area contributed by atoms with Crippen LogP contribution in [0.5, 0.6) is 0 Å². The fourth-order valence-corrected chi connectivity index (χ4v) is 0.913. The Hall–Kier alpha value is -0.812. The van der Waals surface area contributed by atoms with Crippen molar-refractivity contribution >= 4 is 13.9 Å². The summed E-state index contributed by atoms with van der Waals surface area (Å²) in [4.78, 5) is 0. The summed E-state index contributed by atoms with van der Waals surface area (Å²) in [6, 6.07) is 2.09. The Morgan fingerprint density at radius 2 is 1.64 bits per heavy atom. The molecule has 0 rings (SSSR count). The van der Waals surface area contributed by atoms with E-state index >= 15 is 0 Å². The first-order valence-electron chi connectivity index (χ1n) is 2.20. The molecule has 0 unspecified atom stereocenters. The van der Waals surface area contributed by atoms with Crippen LogP contribution < -0.4 is 0 Å². The van der Waals surface area contributed by atoms with Gasteiger partial charge in [-0.1, -0.05) is 0 Å². The van der Waals surface area contributed by atoms with Crippen LogP contribution in [0.3, 0.4) is 0 Å². The van der Waals surface area contributed by atoms with Crippen molar-refractivity contribution in [3.05, 3.63) is 3.76 Å². The van der Waals surface area contributed by atoms with E-state index in [1.165, 1.54) is 0 Å². The summed E-state index contributed by atoms with van der Waals surface area (Å²) in [7, 11) is 0. The molecule has 0 aliphatic carbocycles. The number of nitrogens with zero attached hydrogens (tertiary/aromatic N) is 2. The number of rotatable bonds is 0. The molecule has 0 saturated heterocycles. The van der Waals surface area contributed by atoms with Gasteiger partial charge in [0.25, 0.3) is 0 Å². The van der Waals surface area contributed by atoms with E-state index in [2.05, 4.69) is 0 Å². The zero-order valence-corrected chi connectivity index (χ0v) is 6.82. The summed E-state index contributed by atoms with van der Waals surface area (Å²) in [5.74, 6) is 0. The molecule has 0 saturated carbocycles. The number of halogens is 5. The van der Waals surface area contributed by atoms with Crippen LogP contribution in [-0.2, 0) is 0 Å². The topological polar surface area (TPSA) is 28.1 Å². The van der Waals surface area contributed by atoms with Gasteiger partial charge in [-0.05, 0) is 0 Å². The Balaban J connectivity index is 4.71. The average molecular weight is 236 g/mol. The van der Waals surface area contributed by atoms with Gasteiger partial charge in [-0.2, -0.15) is 0 Å². The number of hydrogen-bond acceptors (Lipinski definition) is 1. The molecule has 0 radical (unpaired) electrons. The molecule has 0 fully saturated rings. The van der Waals surface area contributed by atoms with Crippen molar-refractivity contribution in [2.75, 3.05) is 0 Å². The average Bonchev–Trinajstić information content (AvgIpc) is 1.59. The predicted molar refractivity (Wildman–Crippen MR) is 28.8 cm³/mol. The monoisotopic (exact) mass is 236 g/mol. The summed E-state index contributed by atoms with van der Waals surface area (Å²) in [6.45, 7) is 0. The van der Waals surface area contributed by atoms with Gasteiger partial charge in [0, 0.05) is 0 Å². The van der Waals surface area contributed by atoms with Crippen LogP contribution >= 0.6 is 0 Å². The summed E-state index contributed by atoms with van der Waals surface area (Å²) in [5, 5.41) is 7.67. The van der Waals surface area contributed by atoms with Crippen molar-refractivity contribution in [2.24, 2.45) is 0 Å². The standard InChI is InChI=1S/C3H2AsF5N2/c5-4(6,7,8,9)11-3-1-2-10/h1H2. The van der Waals surface area contributed by atoms with E-state index in [-0.39, 0.29) is 0 Å². The second kappa shape index (κ2) is 1.86. The van der Waals surface area contributed by atoms with Crippen molar-refractivity contribution in [1.29, 1.82) is 5.26 Å². The van der Waals surface area contributed by atoms with Gasteiger partial charge >= 0.3 is 58.8 Å². The molecule has 0 aromatic rings. The first-order chi connectivity index (χ1) is 4.54. The molecule has 0 aliphatic rings. The van der Waals surface area contributed by atoms with Gasteiger partial charge in [0.1, 0.15) is 0 Å². The normalized spacial score (nSPS) is 16.7. The van der Waals surface area contributed by atoms with E-state index in [1.54, 1.807) is 0 Å². The zero-order valence-electron chi connectivity index (χ0n) is 4.94. The number of nitriles is 1. The minimum absolute atomic E-state index is 0.896. The van der Waals surface area contributed by atoms with Crippen LogP contribution in [0.15, 0.2) is 0 Å². The molecule has 0 aromatic heterocycles. The van der Waals surface area contributed by atoms with Crippen molar-refractivity contribution in [3.63, 3.8) is 0 Å². The molecule has 0 aliphatic heterocycles. The van der Waals surface area contributed by atoms with Gasteiger partial charge in [-0.25, -0.2) is 0 Å². The van der Waals surface area contributed by atoms with Crippen molar-refractivity contribution in [1.82, 2.24) is 0 Å². The Bertz CT molecular complexity index is 258. The fraction of sp³-hybridized carbons (Fsp3) is 0.333. The van der Waals surface area contributed by atoms with E-state index < -0.39 is 20.3 Å². The van der Waals surface area contributed by atoms with E-state index in [9.17, 15) is 17.3 Å². The van der Waals surface area contributed by atoms with Gasteiger partial charge in [0.05, 0.1) is 0 Å². The summed E-state index contributed by atoms with van der Waals surface area (Å²) < 4.78 is 57.4.